The van der Waals surface area contributed by atoms with Crippen LogP contribution in [0.25, 0.3) is 0 Å². The molecule has 25 heavy (non-hydrogen) atoms. The van der Waals surface area contributed by atoms with Gasteiger partial charge in [-0.25, -0.2) is 0 Å². The minimum atomic E-state index is -0.0417. The van der Waals surface area contributed by atoms with Gasteiger partial charge < -0.3 is 9.84 Å². The van der Waals surface area contributed by atoms with Crippen LogP contribution in [0.4, 0.5) is 0 Å². The molecule has 2 aromatic rings. The zero-order chi connectivity index (χ0) is 17.8. The SMILES string of the molecule is COc1cccc(CN2CCC[C@H](C(=O)c3cccc(Cl)c3)C2)c1O. The largest absolute Gasteiger partial charge is 0.504 e. The Morgan fingerprint density at radius 1 is 1.32 bits per heavy atom. The Bertz CT molecular complexity index is 762. The highest BCUT2D eigenvalue weighted by molar-refractivity contribution is 6.31. The fraction of sp³-hybridized carbons (Fsp3) is 0.350. The van der Waals surface area contributed by atoms with E-state index in [1.54, 1.807) is 25.3 Å². The molecule has 0 aromatic heterocycles. The number of para-hydroxylation sites is 1. The molecule has 0 bridgehead atoms. The number of nitrogens with zero attached hydrogens (tertiary/aromatic N) is 1. The number of phenols is 1. The van der Waals surface area contributed by atoms with Crippen molar-refractivity contribution in [1.29, 1.82) is 0 Å². The van der Waals surface area contributed by atoms with Crippen molar-refractivity contribution < 1.29 is 14.6 Å². The van der Waals surface area contributed by atoms with E-state index in [1.165, 1.54) is 0 Å². The molecule has 2 aromatic carbocycles. The maximum atomic E-state index is 12.8. The van der Waals surface area contributed by atoms with Crippen molar-refractivity contribution in [1.82, 2.24) is 4.90 Å². The molecule has 0 amide bonds. The lowest BCUT2D eigenvalue weighted by Gasteiger charge is -2.32. The van der Waals surface area contributed by atoms with Crippen molar-refractivity contribution >= 4 is 17.4 Å². The number of aromatic hydroxyl groups is 1. The first kappa shape index (κ1) is 17.8. The second-order valence-corrected chi connectivity index (χ2v) is 6.85. The molecule has 0 spiro atoms. The number of benzene rings is 2. The van der Waals surface area contributed by atoms with Gasteiger partial charge in [0, 0.05) is 35.2 Å². The third kappa shape index (κ3) is 4.14. The maximum Gasteiger partial charge on any atom is 0.167 e. The molecule has 0 unspecified atom stereocenters. The maximum absolute atomic E-state index is 12.8. The smallest absolute Gasteiger partial charge is 0.167 e. The quantitative estimate of drug-likeness (QED) is 0.815. The second-order valence-electron chi connectivity index (χ2n) is 6.42. The zero-order valence-electron chi connectivity index (χ0n) is 14.2. The topological polar surface area (TPSA) is 49.8 Å². The molecule has 1 saturated heterocycles. The number of rotatable bonds is 5. The van der Waals surface area contributed by atoms with Gasteiger partial charge in [0.1, 0.15) is 0 Å². The van der Waals surface area contributed by atoms with Crippen LogP contribution in [0.2, 0.25) is 5.02 Å². The third-order valence-electron chi connectivity index (χ3n) is 4.68. The number of piperidine rings is 1. The second kappa shape index (κ2) is 7.89. The van der Waals surface area contributed by atoms with Gasteiger partial charge >= 0.3 is 0 Å². The number of hydrogen-bond acceptors (Lipinski definition) is 4. The number of phenolic OH excluding ortho intramolecular Hbond substituents is 1. The van der Waals surface area contributed by atoms with Crippen molar-refractivity contribution in [3.8, 4) is 11.5 Å². The fourth-order valence-corrected chi connectivity index (χ4v) is 3.58. The standard InChI is InChI=1S/C20H22ClNO3/c1-25-18-9-3-6-16(20(18)24)13-22-10-4-7-15(12-22)19(23)14-5-2-8-17(21)11-14/h2-3,5-6,8-9,11,15,24H,4,7,10,12-13H2,1H3/t15-/m0/s1. The highest BCUT2D eigenvalue weighted by Gasteiger charge is 2.27. The summed E-state index contributed by atoms with van der Waals surface area (Å²) in [5, 5.41) is 10.9. The van der Waals surface area contributed by atoms with E-state index in [-0.39, 0.29) is 17.5 Å². The molecule has 132 valence electrons. The van der Waals surface area contributed by atoms with Gasteiger partial charge in [0.2, 0.25) is 0 Å². The molecule has 0 saturated carbocycles. The van der Waals surface area contributed by atoms with Crippen molar-refractivity contribution in [2.45, 2.75) is 19.4 Å². The van der Waals surface area contributed by atoms with Gasteiger partial charge in [0.15, 0.2) is 17.3 Å². The molecule has 0 radical (unpaired) electrons. The van der Waals surface area contributed by atoms with E-state index in [1.807, 2.05) is 24.3 Å². The molecule has 3 rings (SSSR count). The first-order chi connectivity index (χ1) is 12.1. The van der Waals surface area contributed by atoms with Crippen LogP contribution in [0.3, 0.4) is 0 Å². The first-order valence-corrected chi connectivity index (χ1v) is 8.83. The predicted molar refractivity (Wildman–Crippen MR) is 98.4 cm³/mol. The first-order valence-electron chi connectivity index (χ1n) is 8.45. The Morgan fingerprint density at radius 2 is 2.12 bits per heavy atom. The average Bonchev–Trinajstić information content (AvgIpc) is 2.63. The van der Waals surface area contributed by atoms with Crippen LogP contribution in [0, 0.1) is 5.92 Å². The minimum Gasteiger partial charge on any atom is -0.504 e. The summed E-state index contributed by atoms with van der Waals surface area (Å²) in [4.78, 5) is 15.0. The number of halogens is 1. The molecule has 1 aliphatic rings. The number of likely N-dealkylation sites (tertiary alicyclic amines) is 1. The number of methoxy groups -OCH3 is 1. The lowest BCUT2D eigenvalue weighted by Crippen LogP contribution is -2.38. The summed E-state index contributed by atoms with van der Waals surface area (Å²) in [6.45, 7) is 2.19. The van der Waals surface area contributed by atoms with E-state index >= 15 is 0 Å². The van der Waals surface area contributed by atoms with Crippen molar-refractivity contribution in [3.05, 3.63) is 58.6 Å². The van der Waals surface area contributed by atoms with E-state index in [2.05, 4.69) is 4.90 Å². The molecule has 1 aliphatic heterocycles. The molecular formula is C20H22ClNO3. The highest BCUT2D eigenvalue weighted by Crippen LogP contribution is 2.31. The number of hydrogen-bond donors (Lipinski definition) is 1. The minimum absolute atomic E-state index is 0.0417. The van der Waals surface area contributed by atoms with Crippen LogP contribution in [0.5, 0.6) is 11.5 Å². The number of ketones is 1. The van der Waals surface area contributed by atoms with Gasteiger partial charge in [-0.05, 0) is 37.6 Å². The average molecular weight is 360 g/mol. The van der Waals surface area contributed by atoms with Crippen LogP contribution in [-0.4, -0.2) is 36.0 Å². The molecule has 1 heterocycles. The molecule has 1 N–H and O–H groups in total. The van der Waals surface area contributed by atoms with Crippen LogP contribution >= 0.6 is 11.6 Å². The van der Waals surface area contributed by atoms with E-state index in [4.69, 9.17) is 16.3 Å². The van der Waals surface area contributed by atoms with Crippen molar-refractivity contribution in [2.75, 3.05) is 20.2 Å². The lowest BCUT2D eigenvalue weighted by molar-refractivity contribution is 0.0810. The number of carbonyl (C=O) groups excluding carboxylic acids is 1. The molecule has 1 fully saturated rings. The summed E-state index contributed by atoms with van der Waals surface area (Å²) in [5.74, 6) is 0.747. The Kier molecular flexibility index (Phi) is 5.61. The van der Waals surface area contributed by atoms with E-state index in [0.29, 0.717) is 29.4 Å². The van der Waals surface area contributed by atoms with Gasteiger partial charge in [-0.15, -0.1) is 0 Å². The van der Waals surface area contributed by atoms with Gasteiger partial charge in [-0.3, -0.25) is 9.69 Å². The van der Waals surface area contributed by atoms with Crippen LogP contribution in [0.1, 0.15) is 28.8 Å². The molecule has 5 heteroatoms. The Morgan fingerprint density at radius 3 is 2.88 bits per heavy atom. The van der Waals surface area contributed by atoms with Crippen LogP contribution in [0.15, 0.2) is 42.5 Å². The summed E-state index contributed by atoms with van der Waals surface area (Å²) < 4.78 is 5.17. The van der Waals surface area contributed by atoms with Gasteiger partial charge in [-0.2, -0.15) is 0 Å². The fourth-order valence-electron chi connectivity index (χ4n) is 3.39. The number of Topliss-reactive ketones (excluding diaryl/α,β-unsaturated/α-hetero) is 1. The molecule has 4 nitrogen and oxygen atoms in total. The van der Waals surface area contributed by atoms with Crippen LogP contribution in [-0.2, 0) is 6.54 Å². The third-order valence-corrected chi connectivity index (χ3v) is 4.92. The monoisotopic (exact) mass is 359 g/mol. The van der Waals surface area contributed by atoms with Gasteiger partial charge in [-0.1, -0.05) is 35.9 Å². The zero-order valence-corrected chi connectivity index (χ0v) is 15.0. The normalized spacial score (nSPS) is 18.1. The Labute approximate surface area is 153 Å². The summed E-state index contributed by atoms with van der Waals surface area (Å²) in [6, 6.07) is 12.6. The van der Waals surface area contributed by atoms with Crippen molar-refractivity contribution in [2.24, 2.45) is 5.92 Å². The molecule has 1 atom stereocenters. The molecular weight excluding hydrogens is 338 g/mol. The highest BCUT2D eigenvalue weighted by atomic mass is 35.5. The van der Waals surface area contributed by atoms with E-state index in [0.717, 1.165) is 24.9 Å². The predicted octanol–water partition coefficient (Wildman–Crippen LogP) is 4.15. The lowest BCUT2D eigenvalue weighted by atomic mass is 9.90. The molecule has 0 aliphatic carbocycles. The summed E-state index contributed by atoms with van der Waals surface area (Å²) in [7, 11) is 1.54. The Balaban J connectivity index is 1.70. The summed E-state index contributed by atoms with van der Waals surface area (Å²) in [5.41, 5.74) is 1.48. The van der Waals surface area contributed by atoms with Gasteiger partial charge in [0.05, 0.1) is 7.11 Å². The summed E-state index contributed by atoms with van der Waals surface area (Å²) in [6.07, 6.45) is 1.84. The summed E-state index contributed by atoms with van der Waals surface area (Å²) >= 11 is 6.01. The van der Waals surface area contributed by atoms with E-state index in [9.17, 15) is 9.90 Å². The Hall–Kier alpha value is -2.04. The van der Waals surface area contributed by atoms with Crippen LogP contribution < -0.4 is 4.74 Å². The van der Waals surface area contributed by atoms with Crippen molar-refractivity contribution in [3.63, 3.8) is 0 Å². The number of carbonyl (C=O) groups is 1. The van der Waals surface area contributed by atoms with Gasteiger partial charge in [0.25, 0.3) is 0 Å². The number of ether oxygens (including phenoxy) is 1. The van der Waals surface area contributed by atoms with E-state index < -0.39 is 0 Å².